The molecule has 0 fully saturated rings. The third-order valence-electron chi connectivity index (χ3n) is 4.71. The first-order valence-electron chi connectivity index (χ1n) is 9.13. The van der Waals surface area contributed by atoms with Crippen LogP contribution in [0.15, 0.2) is 18.5 Å². The Balaban J connectivity index is 1.98. The highest BCUT2D eigenvalue weighted by Crippen LogP contribution is 2.43. The third-order valence-corrected chi connectivity index (χ3v) is 5.81. The maximum Gasteiger partial charge on any atom is 0.319 e. The number of nitro groups is 1. The van der Waals surface area contributed by atoms with Crippen LogP contribution in [0.1, 0.15) is 38.0 Å². The van der Waals surface area contributed by atoms with Crippen molar-refractivity contribution in [1.29, 1.82) is 0 Å². The van der Waals surface area contributed by atoms with Gasteiger partial charge in [-0.15, -0.1) is 11.3 Å². The van der Waals surface area contributed by atoms with E-state index in [4.69, 9.17) is 5.73 Å². The monoisotopic (exact) mass is 476 g/mol. The van der Waals surface area contributed by atoms with E-state index in [1.807, 2.05) is 0 Å². The molecule has 12 nitrogen and oxygen atoms in total. The molecule has 0 aliphatic carbocycles. The maximum absolute atomic E-state index is 13.6. The van der Waals surface area contributed by atoms with Gasteiger partial charge in [0.15, 0.2) is 0 Å². The van der Waals surface area contributed by atoms with Crippen LogP contribution >= 0.6 is 11.3 Å². The predicted molar refractivity (Wildman–Crippen MR) is 113 cm³/mol. The van der Waals surface area contributed by atoms with E-state index in [1.54, 1.807) is 20.2 Å². The van der Waals surface area contributed by atoms with Crippen LogP contribution in [0.2, 0.25) is 0 Å². The lowest BCUT2D eigenvalue weighted by atomic mass is 10.0. The Kier molecular flexibility index (Phi) is 5.33. The summed E-state index contributed by atoms with van der Waals surface area (Å²) in [4.78, 5) is 39.1. The van der Waals surface area contributed by atoms with Gasteiger partial charge in [0.2, 0.25) is 5.69 Å². The summed E-state index contributed by atoms with van der Waals surface area (Å²) in [5, 5.41) is 23.7. The summed E-state index contributed by atoms with van der Waals surface area (Å²) in [5.41, 5.74) is 4.96. The van der Waals surface area contributed by atoms with Gasteiger partial charge in [0, 0.05) is 24.2 Å². The van der Waals surface area contributed by atoms with Crippen molar-refractivity contribution in [2.75, 3.05) is 5.32 Å². The number of carbonyl (C=O) groups excluding carboxylic acids is 2. The summed E-state index contributed by atoms with van der Waals surface area (Å²) < 4.78 is 28.6. The van der Waals surface area contributed by atoms with E-state index in [1.165, 1.54) is 4.68 Å². The predicted octanol–water partition coefficient (Wildman–Crippen LogP) is 2.93. The van der Waals surface area contributed by atoms with Gasteiger partial charge >= 0.3 is 5.69 Å². The molecule has 15 heteroatoms. The van der Waals surface area contributed by atoms with Gasteiger partial charge in [0.25, 0.3) is 18.2 Å². The minimum atomic E-state index is -2.91. The first-order valence-corrected chi connectivity index (χ1v) is 9.95. The molecular formula is C18H14F2N8O4S. The fourth-order valence-corrected chi connectivity index (χ4v) is 4.37. The van der Waals surface area contributed by atoms with E-state index in [-0.39, 0.29) is 26.3 Å². The second kappa shape index (κ2) is 8.01. The van der Waals surface area contributed by atoms with Gasteiger partial charge in [-0.3, -0.25) is 29.5 Å². The number of amides is 2. The number of H-pyrrole nitrogens is 1. The number of aromatic nitrogens is 5. The number of thiophene rings is 1. The van der Waals surface area contributed by atoms with Gasteiger partial charge in [0.05, 0.1) is 16.3 Å². The number of carbonyl (C=O) groups is 2. The topological polar surface area (TPSA) is 175 Å². The number of pyridine rings is 1. The van der Waals surface area contributed by atoms with Crippen LogP contribution in [0.25, 0.3) is 21.3 Å². The number of hydrogen-bond acceptors (Lipinski definition) is 8. The van der Waals surface area contributed by atoms with Crippen molar-refractivity contribution in [3.05, 3.63) is 50.5 Å². The average molecular weight is 476 g/mol. The molecule has 0 aliphatic heterocycles. The Bertz CT molecular complexity index is 1440. The van der Waals surface area contributed by atoms with Crippen LogP contribution in [-0.2, 0) is 7.05 Å². The lowest BCUT2D eigenvalue weighted by molar-refractivity contribution is -0.385. The highest BCUT2D eigenvalue weighted by atomic mass is 32.1. The van der Waals surface area contributed by atoms with E-state index in [9.17, 15) is 28.5 Å². The van der Waals surface area contributed by atoms with Gasteiger partial charge in [-0.1, -0.05) is 0 Å². The Morgan fingerprint density at radius 2 is 2.09 bits per heavy atom. The molecule has 0 spiro atoms. The molecule has 0 saturated carbocycles. The molecule has 0 aromatic carbocycles. The maximum atomic E-state index is 13.6. The minimum Gasteiger partial charge on any atom is -0.365 e. The fourth-order valence-electron chi connectivity index (χ4n) is 3.36. The van der Waals surface area contributed by atoms with Crippen LogP contribution in [0.5, 0.6) is 0 Å². The van der Waals surface area contributed by atoms with Crippen molar-refractivity contribution >= 4 is 44.7 Å². The molecule has 0 saturated heterocycles. The van der Waals surface area contributed by atoms with Crippen LogP contribution in [-0.4, -0.2) is 41.7 Å². The highest BCUT2D eigenvalue weighted by Gasteiger charge is 2.29. The Morgan fingerprint density at radius 3 is 2.67 bits per heavy atom. The van der Waals surface area contributed by atoms with E-state index >= 15 is 0 Å². The quantitative estimate of drug-likeness (QED) is 0.283. The van der Waals surface area contributed by atoms with Crippen molar-refractivity contribution in [3.63, 3.8) is 0 Å². The molecule has 4 aromatic heterocycles. The van der Waals surface area contributed by atoms with Crippen LogP contribution in [0.3, 0.4) is 0 Å². The number of aromatic amines is 1. The summed E-state index contributed by atoms with van der Waals surface area (Å²) in [6.07, 6.45) is -0.460. The average Bonchev–Trinajstić information content (AvgIpc) is 3.44. The zero-order valence-electron chi connectivity index (χ0n) is 16.9. The van der Waals surface area contributed by atoms with E-state index in [0.717, 1.165) is 12.3 Å². The second-order valence-corrected chi connectivity index (χ2v) is 7.89. The molecule has 4 heterocycles. The second-order valence-electron chi connectivity index (χ2n) is 6.89. The molecule has 0 unspecified atom stereocenters. The van der Waals surface area contributed by atoms with E-state index in [2.05, 4.69) is 25.6 Å². The number of anilines is 1. The molecule has 33 heavy (non-hydrogen) atoms. The number of primary amides is 1. The van der Waals surface area contributed by atoms with Crippen LogP contribution < -0.4 is 11.1 Å². The van der Waals surface area contributed by atoms with E-state index < -0.39 is 40.2 Å². The lowest BCUT2D eigenvalue weighted by Crippen LogP contribution is -2.18. The Morgan fingerprint density at radius 1 is 1.36 bits per heavy atom. The van der Waals surface area contributed by atoms with Crippen molar-refractivity contribution in [1.82, 2.24) is 25.0 Å². The minimum absolute atomic E-state index is 0.0225. The Labute approximate surface area is 186 Å². The van der Waals surface area contributed by atoms with Gasteiger partial charge in [0.1, 0.15) is 21.6 Å². The lowest BCUT2D eigenvalue weighted by Gasteiger charge is -2.10. The van der Waals surface area contributed by atoms with Gasteiger partial charge < -0.3 is 11.1 Å². The van der Waals surface area contributed by atoms with Crippen molar-refractivity contribution < 1.29 is 23.3 Å². The summed E-state index contributed by atoms with van der Waals surface area (Å²) in [7, 11) is 1.64. The van der Waals surface area contributed by atoms with Crippen molar-refractivity contribution in [2.45, 2.75) is 13.3 Å². The number of nitrogens with zero attached hydrogens (tertiary/aromatic N) is 5. The molecule has 4 N–H and O–H groups in total. The molecule has 2 amide bonds. The van der Waals surface area contributed by atoms with Gasteiger partial charge in [-0.05, 0) is 18.6 Å². The summed E-state index contributed by atoms with van der Waals surface area (Å²) in [6.45, 7) is 1.66. The molecule has 170 valence electrons. The molecule has 4 rings (SSSR count). The molecule has 0 radical (unpaired) electrons. The van der Waals surface area contributed by atoms with Crippen LogP contribution in [0.4, 0.5) is 20.2 Å². The first kappa shape index (κ1) is 21.9. The number of aryl methyl sites for hydroxylation is 2. The zero-order chi connectivity index (χ0) is 24.0. The van der Waals surface area contributed by atoms with E-state index in [0.29, 0.717) is 22.6 Å². The zero-order valence-corrected chi connectivity index (χ0v) is 17.7. The molecule has 0 aliphatic rings. The fraction of sp³-hybridized carbons (Fsp3) is 0.167. The standard InChI is InChI=1S/C18H14F2N8O4S/c1-6-8(5-27(2)26-6)7-3-9(15(19)20)23-18-11(7)13(14(33-18)16(21)29)24-17(30)12-10(28(31)32)4-22-25-12/h3-5,15H,1-2H3,(H2,21,29)(H,22,25)(H,24,30). The molecular weight excluding hydrogens is 462 g/mol. The third kappa shape index (κ3) is 3.78. The summed E-state index contributed by atoms with van der Waals surface area (Å²) >= 11 is 0.714. The SMILES string of the molecule is Cc1nn(C)cc1-c1cc(C(F)F)nc2sc(C(N)=O)c(NC(=O)c3[nH]ncc3[N+](=O)[O-])c12. The van der Waals surface area contributed by atoms with Gasteiger partial charge in [-0.2, -0.15) is 10.2 Å². The summed E-state index contributed by atoms with van der Waals surface area (Å²) in [5.74, 6) is -1.92. The van der Waals surface area contributed by atoms with Crippen LogP contribution in [0, 0.1) is 17.0 Å². The smallest absolute Gasteiger partial charge is 0.319 e. The van der Waals surface area contributed by atoms with Crippen molar-refractivity contribution in [2.24, 2.45) is 12.8 Å². The number of fused-ring (bicyclic) bond motifs is 1. The van der Waals surface area contributed by atoms with Gasteiger partial charge in [-0.25, -0.2) is 13.8 Å². The normalized spacial score (nSPS) is 11.3. The molecule has 0 atom stereocenters. The number of nitrogens with one attached hydrogen (secondary N) is 2. The number of rotatable bonds is 6. The molecule has 4 aromatic rings. The Hall–Kier alpha value is -4.27. The number of nitrogens with two attached hydrogens (primary N) is 1. The summed E-state index contributed by atoms with van der Waals surface area (Å²) in [6, 6.07) is 1.14. The highest BCUT2D eigenvalue weighted by molar-refractivity contribution is 7.21. The number of halogens is 2. The number of hydrogen-bond donors (Lipinski definition) is 3. The number of alkyl halides is 2. The molecule has 0 bridgehead atoms. The first-order chi connectivity index (χ1) is 15.6. The largest absolute Gasteiger partial charge is 0.365 e. The van der Waals surface area contributed by atoms with Crippen molar-refractivity contribution in [3.8, 4) is 11.1 Å².